The van der Waals surface area contributed by atoms with Crippen molar-refractivity contribution in [1.82, 2.24) is 4.98 Å². The number of rotatable bonds is 1. The summed E-state index contributed by atoms with van der Waals surface area (Å²) >= 11 is 0. The molecule has 2 aromatic rings. The van der Waals surface area contributed by atoms with Gasteiger partial charge in [-0.2, -0.15) is 0 Å². The average molecular weight is 209 g/mol. The standard InChI is InChI=1S/C11H9NO.CH4O.Li/c13-11-3-1-9(2-4-11)10-5-7-12-8-6-10;1-2;/h1-8,13H;2H,1H3;/q;;+1/p-1. The molecule has 0 aliphatic rings. The van der Waals surface area contributed by atoms with E-state index in [4.69, 9.17) is 5.11 Å². The van der Waals surface area contributed by atoms with Gasteiger partial charge in [-0.25, -0.2) is 0 Å². The molecule has 16 heavy (non-hydrogen) atoms. The molecule has 0 fully saturated rings. The summed E-state index contributed by atoms with van der Waals surface area (Å²) in [6, 6.07) is 10.6. The molecule has 4 heteroatoms. The fourth-order valence-electron chi connectivity index (χ4n) is 1.19. The fourth-order valence-corrected chi connectivity index (χ4v) is 1.19. The molecular formula is C12H12LiNO2. The molecule has 1 N–H and O–H groups in total. The van der Waals surface area contributed by atoms with E-state index in [2.05, 4.69) is 4.98 Å². The second kappa shape index (κ2) is 7.95. The first-order valence-electron chi connectivity index (χ1n) is 4.48. The van der Waals surface area contributed by atoms with Crippen molar-refractivity contribution in [3.05, 3.63) is 48.8 Å². The van der Waals surface area contributed by atoms with Crippen LogP contribution in [0.15, 0.2) is 48.8 Å². The average Bonchev–Trinajstić information content (AvgIpc) is 2.34. The molecule has 0 atom stereocenters. The number of aliphatic hydroxyl groups is 1. The Morgan fingerprint density at radius 2 is 1.31 bits per heavy atom. The molecule has 0 radical (unpaired) electrons. The van der Waals surface area contributed by atoms with E-state index in [1.165, 1.54) is 0 Å². The van der Waals surface area contributed by atoms with Crippen molar-refractivity contribution < 1.29 is 29.1 Å². The van der Waals surface area contributed by atoms with Gasteiger partial charge in [-0.3, -0.25) is 4.98 Å². The van der Waals surface area contributed by atoms with Gasteiger partial charge in [0.15, 0.2) is 0 Å². The fraction of sp³-hybridized carbons (Fsp3) is 0.0833. The number of aromatic nitrogens is 1. The number of pyridine rings is 1. The molecule has 1 aromatic heterocycles. The van der Waals surface area contributed by atoms with Gasteiger partial charge in [-0.15, -0.1) is 5.75 Å². The van der Waals surface area contributed by atoms with Crippen LogP contribution in [-0.4, -0.2) is 17.2 Å². The van der Waals surface area contributed by atoms with Gasteiger partial charge in [0.2, 0.25) is 0 Å². The third-order valence-corrected chi connectivity index (χ3v) is 1.87. The monoisotopic (exact) mass is 209 g/mol. The summed E-state index contributed by atoms with van der Waals surface area (Å²) in [5, 5.41) is 17.8. The van der Waals surface area contributed by atoms with Crippen LogP contribution in [-0.2, 0) is 0 Å². The molecule has 2 rings (SSSR count). The van der Waals surface area contributed by atoms with Crippen molar-refractivity contribution in [3.63, 3.8) is 0 Å². The predicted molar refractivity (Wildman–Crippen MR) is 57.3 cm³/mol. The summed E-state index contributed by atoms with van der Waals surface area (Å²) in [6.07, 6.45) is 3.47. The van der Waals surface area contributed by atoms with Crippen molar-refractivity contribution in [2.45, 2.75) is 0 Å². The minimum Gasteiger partial charge on any atom is -0.872 e. The van der Waals surface area contributed by atoms with Gasteiger partial charge in [-0.1, -0.05) is 24.3 Å². The van der Waals surface area contributed by atoms with E-state index in [1.807, 2.05) is 24.3 Å². The molecule has 0 saturated carbocycles. The predicted octanol–water partition coefficient (Wildman–Crippen LogP) is -1.57. The van der Waals surface area contributed by atoms with Crippen molar-refractivity contribution in [2.24, 2.45) is 0 Å². The maximum absolute atomic E-state index is 10.8. The van der Waals surface area contributed by atoms with Crippen molar-refractivity contribution in [1.29, 1.82) is 0 Å². The molecule has 0 aliphatic carbocycles. The van der Waals surface area contributed by atoms with Crippen LogP contribution in [0.1, 0.15) is 0 Å². The van der Waals surface area contributed by atoms with E-state index in [1.54, 1.807) is 24.5 Å². The van der Waals surface area contributed by atoms with Crippen molar-refractivity contribution in [3.8, 4) is 16.9 Å². The zero-order valence-corrected chi connectivity index (χ0v) is 9.42. The zero-order valence-electron chi connectivity index (χ0n) is 9.42. The first-order valence-corrected chi connectivity index (χ1v) is 4.48. The van der Waals surface area contributed by atoms with Crippen LogP contribution in [0.25, 0.3) is 11.1 Å². The van der Waals surface area contributed by atoms with E-state index in [0.29, 0.717) is 0 Å². The van der Waals surface area contributed by atoms with Crippen LogP contribution >= 0.6 is 0 Å². The molecule has 1 heterocycles. The maximum atomic E-state index is 10.8. The van der Waals surface area contributed by atoms with Crippen LogP contribution in [0.2, 0.25) is 0 Å². The van der Waals surface area contributed by atoms with E-state index in [-0.39, 0.29) is 24.6 Å². The molecule has 0 aliphatic heterocycles. The van der Waals surface area contributed by atoms with Gasteiger partial charge in [0.05, 0.1) is 0 Å². The number of hydrogen-bond donors (Lipinski definition) is 1. The molecule has 0 amide bonds. The molecule has 0 unspecified atom stereocenters. The van der Waals surface area contributed by atoms with Crippen LogP contribution in [0, 0.1) is 0 Å². The van der Waals surface area contributed by atoms with Crippen LogP contribution in [0.4, 0.5) is 0 Å². The third-order valence-electron chi connectivity index (χ3n) is 1.87. The normalized spacial score (nSPS) is 8.38. The largest absolute Gasteiger partial charge is 1.00 e. The van der Waals surface area contributed by atoms with Gasteiger partial charge in [0, 0.05) is 19.5 Å². The van der Waals surface area contributed by atoms with Gasteiger partial charge in [-0.05, 0) is 23.3 Å². The number of nitrogens with zero attached hydrogens (tertiary/aromatic N) is 1. The molecule has 0 spiro atoms. The second-order valence-corrected chi connectivity index (χ2v) is 2.76. The van der Waals surface area contributed by atoms with E-state index in [0.717, 1.165) is 18.2 Å². The van der Waals surface area contributed by atoms with Crippen molar-refractivity contribution in [2.75, 3.05) is 7.11 Å². The van der Waals surface area contributed by atoms with Crippen LogP contribution in [0.5, 0.6) is 5.75 Å². The Hall–Kier alpha value is -1.27. The molecule has 78 valence electrons. The molecule has 0 saturated heterocycles. The number of aliphatic hydroxyl groups excluding tert-OH is 1. The summed E-state index contributed by atoms with van der Waals surface area (Å²) in [7, 11) is 1.00. The third kappa shape index (κ3) is 4.07. The Labute approximate surface area is 107 Å². The Bertz CT molecular complexity index is 390. The molecule has 3 nitrogen and oxygen atoms in total. The van der Waals surface area contributed by atoms with E-state index < -0.39 is 0 Å². The first kappa shape index (κ1) is 14.7. The summed E-state index contributed by atoms with van der Waals surface area (Å²) in [4.78, 5) is 3.93. The number of benzene rings is 1. The van der Waals surface area contributed by atoms with Gasteiger partial charge in [0.25, 0.3) is 0 Å². The summed E-state index contributed by atoms with van der Waals surface area (Å²) in [5.41, 5.74) is 2.12. The SMILES string of the molecule is CO.[Li+].[O-]c1ccc(-c2ccncc2)cc1. The minimum atomic E-state index is 0. The molecule has 1 aromatic carbocycles. The van der Waals surface area contributed by atoms with Gasteiger partial charge in [0.1, 0.15) is 0 Å². The zero-order chi connectivity index (χ0) is 11.1. The summed E-state index contributed by atoms with van der Waals surface area (Å²) < 4.78 is 0. The Morgan fingerprint density at radius 3 is 1.81 bits per heavy atom. The summed E-state index contributed by atoms with van der Waals surface area (Å²) in [5.74, 6) is 0.0396. The van der Waals surface area contributed by atoms with Gasteiger partial charge >= 0.3 is 18.9 Å². The van der Waals surface area contributed by atoms with E-state index >= 15 is 0 Å². The first-order chi connectivity index (χ1) is 7.36. The minimum absolute atomic E-state index is 0. The smallest absolute Gasteiger partial charge is 0.872 e. The maximum Gasteiger partial charge on any atom is 1.00 e. The van der Waals surface area contributed by atoms with Crippen LogP contribution < -0.4 is 24.0 Å². The van der Waals surface area contributed by atoms with Crippen molar-refractivity contribution >= 4 is 0 Å². The van der Waals surface area contributed by atoms with E-state index in [9.17, 15) is 5.11 Å². The van der Waals surface area contributed by atoms with Gasteiger partial charge < -0.3 is 10.2 Å². The molecule has 0 bridgehead atoms. The quantitative estimate of drug-likeness (QED) is 0.577. The Balaban J connectivity index is 0.000000711. The second-order valence-electron chi connectivity index (χ2n) is 2.76. The Morgan fingerprint density at radius 1 is 0.875 bits per heavy atom. The number of hydrogen-bond acceptors (Lipinski definition) is 3. The topological polar surface area (TPSA) is 56.2 Å². The Kier molecular flexibility index (Phi) is 7.32. The van der Waals surface area contributed by atoms with Crippen LogP contribution in [0.3, 0.4) is 0 Å². The molecular weight excluding hydrogens is 197 g/mol. The summed E-state index contributed by atoms with van der Waals surface area (Å²) in [6.45, 7) is 0.